The summed E-state index contributed by atoms with van der Waals surface area (Å²) in [6.07, 6.45) is 4.21. The van der Waals surface area contributed by atoms with Gasteiger partial charge in [0.05, 0.1) is 5.52 Å². The van der Waals surface area contributed by atoms with Gasteiger partial charge in [0.1, 0.15) is 0 Å². The van der Waals surface area contributed by atoms with Crippen LogP contribution in [0.5, 0.6) is 0 Å². The van der Waals surface area contributed by atoms with Crippen LogP contribution in [0.2, 0.25) is 0 Å². The number of aromatic nitrogens is 2. The molecule has 0 saturated heterocycles. The summed E-state index contributed by atoms with van der Waals surface area (Å²) >= 11 is 0. The van der Waals surface area contributed by atoms with Gasteiger partial charge in [-0.3, -0.25) is 4.98 Å². The van der Waals surface area contributed by atoms with Gasteiger partial charge in [-0.2, -0.15) is 0 Å². The molecule has 0 unspecified atom stereocenters. The van der Waals surface area contributed by atoms with Crippen LogP contribution in [-0.2, 0) is 25.9 Å². The van der Waals surface area contributed by atoms with Crippen LogP contribution in [0.25, 0.3) is 10.9 Å². The fraction of sp³-hybridized carbons (Fsp3) is 0.409. The van der Waals surface area contributed by atoms with Gasteiger partial charge in [0.2, 0.25) is 0 Å². The summed E-state index contributed by atoms with van der Waals surface area (Å²) in [7, 11) is 2.23. The van der Waals surface area contributed by atoms with Gasteiger partial charge in [-0.15, -0.1) is 0 Å². The Bertz CT molecular complexity index is 919. The number of likely N-dealkylation sites (N-methyl/N-ethyl adjacent to an activating group) is 1. The smallest absolute Gasteiger partial charge is 0.0518 e. The highest BCUT2D eigenvalue weighted by atomic mass is 15.1. The van der Waals surface area contributed by atoms with E-state index in [0.717, 1.165) is 38.2 Å². The van der Waals surface area contributed by atoms with Crippen LogP contribution in [0.15, 0.2) is 30.5 Å². The van der Waals surface area contributed by atoms with Gasteiger partial charge >= 0.3 is 0 Å². The summed E-state index contributed by atoms with van der Waals surface area (Å²) in [5.74, 6) is 0. The maximum Gasteiger partial charge on any atom is 0.0518 e. The molecule has 2 aromatic heterocycles. The lowest BCUT2D eigenvalue weighted by molar-refractivity contribution is 0.309. The second-order valence-electron chi connectivity index (χ2n) is 7.55. The van der Waals surface area contributed by atoms with Crippen LogP contribution < -0.4 is 0 Å². The molecule has 4 rings (SSSR count). The number of fused-ring (bicyclic) bond motifs is 3. The molecule has 0 radical (unpaired) electrons. The SMILES string of the molecule is Cc1ccc(CCn2c3c(c4c(C)ccc(C)c42)CN(C)CC3)cn1. The first kappa shape index (κ1) is 16.3. The van der Waals surface area contributed by atoms with Crippen LogP contribution >= 0.6 is 0 Å². The van der Waals surface area contributed by atoms with Crippen molar-refractivity contribution in [3.05, 3.63) is 64.1 Å². The zero-order chi connectivity index (χ0) is 17.6. The molecule has 0 N–H and O–H groups in total. The fourth-order valence-corrected chi connectivity index (χ4v) is 4.20. The lowest BCUT2D eigenvalue weighted by atomic mass is 10.00. The Morgan fingerprint density at radius 2 is 1.84 bits per heavy atom. The first-order chi connectivity index (χ1) is 12.0. The number of nitrogens with zero attached hydrogens (tertiary/aromatic N) is 3. The van der Waals surface area contributed by atoms with E-state index in [1.165, 1.54) is 27.6 Å². The molecular formula is C22H27N3. The minimum atomic E-state index is 1.03. The van der Waals surface area contributed by atoms with E-state index in [-0.39, 0.29) is 0 Å². The van der Waals surface area contributed by atoms with Gasteiger partial charge in [-0.25, -0.2) is 0 Å². The van der Waals surface area contributed by atoms with Crippen LogP contribution in [0, 0.1) is 20.8 Å². The Hall–Kier alpha value is -2.13. The van der Waals surface area contributed by atoms with E-state index in [4.69, 9.17) is 0 Å². The van der Waals surface area contributed by atoms with E-state index < -0.39 is 0 Å². The average molecular weight is 333 g/mol. The third kappa shape index (κ3) is 2.87. The van der Waals surface area contributed by atoms with Gasteiger partial charge in [0, 0.05) is 49.0 Å². The molecule has 3 heterocycles. The second kappa shape index (κ2) is 6.30. The minimum Gasteiger partial charge on any atom is -0.344 e. The zero-order valence-corrected chi connectivity index (χ0v) is 15.8. The van der Waals surface area contributed by atoms with Crippen LogP contribution in [-0.4, -0.2) is 28.0 Å². The number of hydrogen-bond donors (Lipinski definition) is 0. The molecule has 0 bridgehead atoms. The standard InChI is InChI=1S/C22H27N3/c1-15-5-6-16(2)22-21(15)19-14-24(4)11-10-20(19)25(22)12-9-18-8-7-17(3)23-13-18/h5-8,13H,9-12,14H2,1-4H3. The Morgan fingerprint density at radius 3 is 2.60 bits per heavy atom. The third-order valence-corrected chi connectivity index (χ3v) is 5.59. The highest BCUT2D eigenvalue weighted by Crippen LogP contribution is 2.34. The van der Waals surface area contributed by atoms with Crippen molar-refractivity contribution >= 4 is 10.9 Å². The molecule has 0 amide bonds. The van der Waals surface area contributed by atoms with E-state index in [1.54, 1.807) is 11.3 Å². The van der Waals surface area contributed by atoms with Crippen molar-refractivity contribution in [2.45, 2.75) is 46.7 Å². The minimum absolute atomic E-state index is 1.03. The average Bonchev–Trinajstić information content (AvgIpc) is 2.92. The van der Waals surface area contributed by atoms with Crippen molar-refractivity contribution in [1.82, 2.24) is 14.5 Å². The third-order valence-electron chi connectivity index (χ3n) is 5.59. The van der Waals surface area contributed by atoms with E-state index in [1.807, 2.05) is 13.1 Å². The van der Waals surface area contributed by atoms with Crippen molar-refractivity contribution in [3.63, 3.8) is 0 Å². The Morgan fingerprint density at radius 1 is 1.04 bits per heavy atom. The molecule has 130 valence electrons. The van der Waals surface area contributed by atoms with E-state index in [9.17, 15) is 0 Å². The summed E-state index contributed by atoms with van der Waals surface area (Å²) in [6.45, 7) is 9.79. The van der Waals surface area contributed by atoms with E-state index in [0.29, 0.717) is 0 Å². The number of benzene rings is 1. The number of rotatable bonds is 3. The quantitative estimate of drug-likeness (QED) is 0.716. The van der Waals surface area contributed by atoms with Crippen molar-refractivity contribution in [2.24, 2.45) is 0 Å². The number of aryl methyl sites for hydroxylation is 5. The predicted molar refractivity (Wildman–Crippen MR) is 104 cm³/mol. The van der Waals surface area contributed by atoms with Crippen molar-refractivity contribution < 1.29 is 0 Å². The normalized spacial score (nSPS) is 14.9. The Labute approximate surface area is 150 Å². The molecule has 25 heavy (non-hydrogen) atoms. The van der Waals surface area contributed by atoms with Gasteiger partial charge < -0.3 is 9.47 Å². The van der Waals surface area contributed by atoms with Crippen LogP contribution in [0.3, 0.4) is 0 Å². The number of pyridine rings is 1. The van der Waals surface area contributed by atoms with E-state index in [2.05, 4.69) is 59.6 Å². The zero-order valence-electron chi connectivity index (χ0n) is 15.8. The molecule has 3 aromatic rings. The summed E-state index contributed by atoms with van der Waals surface area (Å²) in [5, 5.41) is 1.49. The second-order valence-corrected chi connectivity index (χ2v) is 7.55. The van der Waals surface area contributed by atoms with Crippen LogP contribution in [0.4, 0.5) is 0 Å². The molecular weight excluding hydrogens is 306 g/mol. The maximum atomic E-state index is 4.45. The first-order valence-corrected chi connectivity index (χ1v) is 9.25. The summed E-state index contributed by atoms with van der Waals surface area (Å²) < 4.78 is 2.60. The van der Waals surface area contributed by atoms with Gasteiger partial charge in [-0.1, -0.05) is 18.2 Å². The van der Waals surface area contributed by atoms with Gasteiger partial charge in [-0.05, 0) is 62.6 Å². The fourth-order valence-electron chi connectivity index (χ4n) is 4.20. The summed E-state index contributed by atoms with van der Waals surface area (Å²) in [5.41, 5.74) is 9.74. The van der Waals surface area contributed by atoms with Crippen molar-refractivity contribution in [3.8, 4) is 0 Å². The molecule has 3 nitrogen and oxygen atoms in total. The topological polar surface area (TPSA) is 21.1 Å². The molecule has 1 aromatic carbocycles. The largest absolute Gasteiger partial charge is 0.344 e. The van der Waals surface area contributed by atoms with Crippen molar-refractivity contribution in [1.29, 1.82) is 0 Å². The maximum absolute atomic E-state index is 4.45. The molecule has 0 fully saturated rings. The first-order valence-electron chi connectivity index (χ1n) is 9.25. The Kier molecular flexibility index (Phi) is 4.12. The lowest BCUT2D eigenvalue weighted by Crippen LogP contribution is -2.27. The Balaban J connectivity index is 1.80. The van der Waals surface area contributed by atoms with Crippen LogP contribution in [0.1, 0.15) is 33.6 Å². The van der Waals surface area contributed by atoms with Gasteiger partial charge in [0.25, 0.3) is 0 Å². The molecule has 1 aliphatic rings. The van der Waals surface area contributed by atoms with Gasteiger partial charge in [0.15, 0.2) is 0 Å². The summed E-state index contributed by atoms with van der Waals surface area (Å²) in [6, 6.07) is 8.88. The lowest BCUT2D eigenvalue weighted by Gasteiger charge is -2.24. The summed E-state index contributed by atoms with van der Waals surface area (Å²) in [4.78, 5) is 6.90. The molecule has 0 spiro atoms. The monoisotopic (exact) mass is 333 g/mol. The number of hydrogen-bond acceptors (Lipinski definition) is 2. The highest BCUT2D eigenvalue weighted by molar-refractivity contribution is 5.91. The van der Waals surface area contributed by atoms with E-state index >= 15 is 0 Å². The molecule has 3 heteroatoms. The molecule has 0 aliphatic carbocycles. The molecule has 0 saturated carbocycles. The predicted octanol–water partition coefficient (Wildman–Crippen LogP) is 4.19. The van der Waals surface area contributed by atoms with Crippen molar-refractivity contribution in [2.75, 3.05) is 13.6 Å². The highest BCUT2D eigenvalue weighted by Gasteiger charge is 2.24. The molecule has 1 aliphatic heterocycles. The molecule has 0 atom stereocenters.